The van der Waals surface area contributed by atoms with Gasteiger partial charge in [-0.25, -0.2) is 0 Å². The van der Waals surface area contributed by atoms with Gasteiger partial charge in [0.05, 0.1) is 13.2 Å². The smallest absolute Gasteiger partial charge is 0.294 e. The van der Waals surface area contributed by atoms with Crippen LogP contribution in [0.5, 0.6) is 5.75 Å². The lowest BCUT2D eigenvalue weighted by molar-refractivity contribution is -0.142. The van der Waals surface area contributed by atoms with Gasteiger partial charge >= 0.3 is 0 Å². The molecule has 7 nitrogen and oxygen atoms in total. The first kappa shape index (κ1) is 17.9. The highest BCUT2D eigenvalue weighted by Gasteiger charge is 2.31. The molecule has 1 atom stereocenters. The number of aromatic hydroxyl groups is 1. The van der Waals surface area contributed by atoms with Crippen LogP contribution >= 0.6 is 0 Å². The van der Waals surface area contributed by atoms with Crippen molar-refractivity contribution in [3.63, 3.8) is 0 Å². The van der Waals surface area contributed by atoms with E-state index in [4.69, 9.17) is 24.2 Å². The molecule has 0 unspecified atom stereocenters. The molecule has 8 heteroatoms. The van der Waals surface area contributed by atoms with Crippen LogP contribution in [0.3, 0.4) is 0 Å². The van der Waals surface area contributed by atoms with Crippen molar-refractivity contribution in [1.82, 2.24) is 0 Å². The van der Waals surface area contributed by atoms with E-state index in [-0.39, 0.29) is 23.4 Å². The van der Waals surface area contributed by atoms with Gasteiger partial charge in [-0.3, -0.25) is 4.55 Å². The van der Waals surface area contributed by atoms with Gasteiger partial charge in [0.1, 0.15) is 16.7 Å². The van der Waals surface area contributed by atoms with E-state index in [2.05, 4.69) is 0 Å². The van der Waals surface area contributed by atoms with Gasteiger partial charge in [0, 0.05) is 6.07 Å². The molecule has 0 aromatic heterocycles. The van der Waals surface area contributed by atoms with Gasteiger partial charge in [-0.1, -0.05) is 6.07 Å². The Morgan fingerprint density at radius 3 is 2.33 bits per heavy atom. The van der Waals surface area contributed by atoms with E-state index >= 15 is 0 Å². The number of phenolic OH excluding ortho intramolecular Hbond substituents is 1. The molecule has 0 saturated carbocycles. The highest BCUT2D eigenvalue weighted by Crippen LogP contribution is 2.21. The average Bonchev–Trinajstić information content (AvgIpc) is 2.71. The average molecular weight is 320 g/mol. The summed E-state index contributed by atoms with van der Waals surface area (Å²) in [5.41, 5.74) is 0.398. The molecule has 0 aliphatic carbocycles. The van der Waals surface area contributed by atoms with E-state index in [1.807, 2.05) is 13.8 Å². The van der Waals surface area contributed by atoms with E-state index in [1.54, 1.807) is 0 Å². The fraction of sp³-hybridized carbons (Fsp3) is 0.538. The number of hydrogen-bond donors (Lipinski definition) is 3. The summed E-state index contributed by atoms with van der Waals surface area (Å²) in [6.45, 7) is 5.75. The molecule has 0 spiro atoms. The summed E-state index contributed by atoms with van der Waals surface area (Å²) in [7, 11) is -4.22. The van der Waals surface area contributed by atoms with Gasteiger partial charge < -0.3 is 19.7 Å². The van der Waals surface area contributed by atoms with Crippen LogP contribution in [0.1, 0.15) is 19.4 Å². The zero-order valence-corrected chi connectivity index (χ0v) is 12.9. The summed E-state index contributed by atoms with van der Waals surface area (Å²) >= 11 is 0. The molecular weight excluding hydrogens is 300 g/mol. The van der Waals surface area contributed by atoms with Gasteiger partial charge in [0.25, 0.3) is 10.1 Å². The van der Waals surface area contributed by atoms with Gasteiger partial charge in [-0.15, -0.1) is 0 Å². The zero-order valence-electron chi connectivity index (χ0n) is 12.1. The quantitative estimate of drug-likeness (QED) is 0.699. The first-order chi connectivity index (χ1) is 9.55. The van der Waals surface area contributed by atoms with Crippen LogP contribution in [0.2, 0.25) is 0 Å². The minimum Gasteiger partial charge on any atom is -0.508 e. The number of rotatable bonds is 2. The maximum atomic E-state index is 10.7. The fourth-order valence-electron chi connectivity index (χ4n) is 1.72. The lowest BCUT2D eigenvalue weighted by atomic mass is 10.2. The van der Waals surface area contributed by atoms with E-state index in [0.29, 0.717) is 12.2 Å². The van der Waals surface area contributed by atoms with Crippen molar-refractivity contribution in [2.24, 2.45) is 0 Å². The van der Waals surface area contributed by atoms with Crippen molar-refractivity contribution in [2.45, 2.75) is 37.6 Å². The summed E-state index contributed by atoms with van der Waals surface area (Å²) in [5, 5.41) is 17.5. The van der Waals surface area contributed by atoms with Gasteiger partial charge in [-0.2, -0.15) is 8.42 Å². The largest absolute Gasteiger partial charge is 0.508 e. The van der Waals surface area contributed by atoms with Crippen molar-refractivity contribution < 1.29 is 32.7 Å². The second-order valence-corrected chi connectivity index (χ2v) is 6.45. The molecule has 1 aliphatic rings. The molecule has 2 rings (SSSR count). The van der Waals surface area contributed by atoms with Crippen LogP contribution in [0, 0.1) is 6.92 Å². The number of benzene rings is 1. The van der Waals surface area contributed by atoms with Crippen molar-refractivity contribution in [3.05, 3.63) is 23.8 Å². The Balaban J connectivity index is 0.000000219. The molecular formula is C13H20O7S. The Labute approximate surface area is 123 Å². The predicted octanol–water partition coefficient (Wildman–Crippen LogP) is 1.08. The predicted molar refractivity (Wildman–Crippen MR) is 74.6 cm³/mol. The van der Waals surface area contributed by atoms with E-state index in [1.165, 1.54) is 19.1 Å². The van der Waals surface area contributed by atoms with Crippen molar-refractivity contribution in [3.8, 4) is 5.75 Å². The minimum absolute atomic E-state index is 0.0451. The Kier molecular flexibility index (Phi) is 5.71. The Morgan fingerprint density at radius 2 is 2.00 bits per heavy atom. The van der Waals surface area contributed by atoms with Crippen LogP contribution in [-0.4, -0.2) is 48.3 Å². The van der Waals surface area contributed by atoms with Crippen molar-refractivity contribution in [1.29, 1.82) is 0 Å². The lowest BCUT2D eigenvalue weighted by Crippen LogP contribution is -2.22. The van der Waals surface area contributed by atoms with Crippen molar-refractivity contribution in [2.75, 3.05) is 13.2 Å². The summed E-state index contributed by atoms with van der Waals surface area (Å²) in [6, 6.07) is 3.77. The van der Waals surface area contributed by atoms with E-state index < -0.39 is 15.9 Å². The molecule has 120 valence electrons. The molecule has 0 amide bonds. The number of phenols is 1. The second kappa shape index (κ2) is 6.71. The maximum Gasteiger partial charge on any atom is 0.294 e. The second-order valence-electron chi connectivity index (χ2n) is 5.06. The Morgan fingerprint density at radius 1 is 1.38 bits per heavy atom. The normalized spacial score (nSPS) is 20.7. The Hall–Kier alpha value is -1.19. The van der Waals surface area contributed by atoms with Crippen molar-refractivity contribution >= 4 is 10.1 Å². The molecule has 3 N–H and O–H groups in total. The highest BCUT2D eigenvalue weighted by molar-refractivity contribution is 7.85. The van der Waals surface area contributed by atoms with Gasteiger partial charge in [0.15, 0.2) is 5.79 Å². The fourth-order valence-corrected chi connectivity index (χ4v) is 2.46. The molecule has 1 heterocycles. The topological polar surface area (TPSA) is 113 Å². The molecule has 21 heavy (non-hydrogen) atoms. The first-order valence-electron chi connectivity index (χ1n) is 6.25. The number of aliphatic hydroxyl groups excluding tert-OH is 1. The number of ether oxygens (including phenoxy) is 2. The minimum atomic E-state index is -4.22. The van der Waals surface area contributed by atoms with E-state index in [0.717, 1.165) is 6.07 Å². The van der Waals surface area contributed by atoms with Crippen LogP contribution in [-0.2, 0) is 19.6 Å². The molecule has 1 aliphatic heterocycles. The Bertz CT molecular complexity index is 580. The number of aliphatic hydroxyl groups is 1. The first-order valence-corrected chi connectivity index (χ1v) is 7.69. The number of hydrogen-bond acceptors (Lipinski definition) is 6. The number of aryl methyl sites for hydroxylation is 1. The molecule has 1 saturated heterocycles. The van der Waals surface area contributed by atoms with Gasteiger partial charge in [-0.05, 0) is 32.4 Å². The standard InChI is InChI=1S/C7H8O4S.C6H12O3/c1-5-2-3-6(8)4-7(5)12(9,10)11;1-6(2)8-4-5(3-7)9-6/h2-4,8H,1H3,(H,9,10,11);5,7H,3-4H2,1-2H3/t;5-/m.1/s1. The SMILES string of the molecule is CC1(C)OC[C@@H](CO)O1.Cc1ccc(O)cc1S(=O)(=O)O. The van der Waals surface area contributed by atoms with Crippen LogP contribution in [0.15, 0.2) is 23.1 Å². The summed E-state index contributed by atoms with van der Waals surface area (Å²) in [6.07, 6.45) is -0.125. The molecule has 1 fully saturated rings. The summed E-state index contributed by atoms with van der Waals surface area (Å²) in [5.74, 6) is -0.679. The maximum absolute atomic E-state index is 10.7. The van der Waals surface area contributed by atoms with E-state index in [9.17, 15) is 8.42 Å². The molecule has 0 bridgehead atoms. The highest BCUT2D eigenvalue weighted by atomic mass is 32.2. The molecule has 0 radical (unpaired) electrons. The van der Waals surface area contributed by atoms with Crippen LogP contribution in [0.25, 0.3) is 0 Å². The molecule has 1 aromatic carbocycles. The zero-order chi connectivity index (χ0) is 16.3. The third-order valence-corrected chi connectivity index (χ3v) is 3.72. The lowest BCUT2D eigenvalue weighted by Gasteiger charge is -2.15. The summed E-state index contributed by atoms with van der Waals surface area (Å²) in [4.78, 5) is -0.262. The summed E-state index contributed by atoms with van der Waals surface area (Å²) < 4.78 is 40.3. The molecule has 1 aromatic rings. The third-order valence-electron chi connectivity index (χ3n) is 2.72. The van der Waals surface area contributed by atoms with Crippen LogP contribution in [0.4, 0.5) is 0 Å². The monoisotopic (exact) mass is 320 g/mol. The van der Waals surface area contributed by atoms with Gasteiger partial charge in [0.2, 0.25) is 0 Å². The third kappa shape index (κ3) is 5.60. The van der Waals surface area contributed by atoms with Crippen LogP contribution < -0.4 is 0 Å².